The van der Waals surface area contributed by atoms with Crippen LogP contribution in [0.2, 0.25) is 0 Å². The molecule has 1 amide bonds. The number of amides is 1. The molecule has 0 aliphatic carbocycles. The van der Waals surface area contributed by atoms with Gasteiger partial charge in [0.1, 0.15) is 0 Å². The molecule has 0 bridgehead atoms. The van der Waals surface area contributed by atoms with Gasteiger partial charge in [-0.3, -0.25) is 4.79 Å². The van der Waals surface area contributed by atoms with E-state index in [2.05, 4.69) is 12.0 Å². The summed E-state index contributed by atoms with van der Waals surface area (Å²) in [6.07, 6.45) is 1.60. The van der Waals surface area contributed by atoms with Crippen LogP contribution in [0.5, 0.6) is 0 Å². The third-order valence-corrected chi connectivity index (χ3v) is 0.851. The maximum Gasteiger partial charge on any atom is 0.219 e. The van der Waals surface area contributed by atoms with Gasteiger partial charge in [-0.1, -0.05) is 6.92 Å². The lowest BCUT2D eigenvalue weighted by molar-refractivity contribution is -0.121. The van der Waals surface area contributed by atoms with Crippen molar-refractivity contribution in [2.24, 2.45) is 0 Å². The molecule has 60 valence electrons. The van der Waals surface area contributed by atoms with E-state index in [-0.39, 0.29) is 5.91 Å². The van der Waals surface area contributed by atoms with E-state index in [1.54, 1.807) is 0 Å². The Hall–Kier alpha value is -0.860. The Balaban J connectivity index is 0. The molecule has 0 heterocycles. The van der Waals surface area contributed by atoms with Crippen molar-refractivity contribution in [3.8, 4) is 0 Å². The van der Waals surface area contributed by atoms with Crippen molar-refractivity contribution in [3.05, 3.63) is 0 Å². The molecule has 0 radical (unpaired) electrons. The van der Waals surface area contributed by atoms with Gasteiger partial charge in [-0.2, -0.15) is 0 Å². The van der Waals surface area contributed by atoms with Crippen LogP contribution in [0.1, 0.15) is 26.7 Å². The van der Waals surface area contributed by atoms with Gasteiger partial charge >= 0.3 is 0 Å². The zero-order chi connectivity index (χ0) is 8.41. The summed E-state index contributed by atoms with van der Waals surface area (Å²) in [7, 11) is 0. The van der Waals surface area contributed by atoms with E-state index in [4.69, 9.17) is 5.41 Å². The van der Waals surface area contributed by atoms with Gasteiger partial charge in [-0.05, 0) is 20.1 Å². The van der Waals surface area contributed by atoms with Crippen LogP contribution in [0.25, 0.3) is 0 Å². The van der Waals surface area contributed by atoms with Crippen molar-refractivity contribution in [1.82, 2.24) is 5.32 Å². The Morgan fingerprint density at radius 2 is 2.00 bits per heavy atom. The number of carbonyl (C=O) groups excluding carboxylic acids is 1. The largest absolute Gasteiger partial charge is 0.356 e. The Bertz CT molecular complexity index is 75.7. The molecule has 0 aromatic heterocycles. The van der Waals surface area contributed by atoms with Crippen LogP contribution >= 0.6 is 0 Å². The zero-order valence-electron chi connectivity index (χ0n) is 6.74. The topological polar surface area (TPSA) is 53.0 Å². The lowest BCUT2D eigenvalue weighted by atomic mass is 10.3. The molecule has 0 aromatic carbocycles. The third-order valence-electron chi connectivity index (χ3n) is 0.851. The standard InChI is InChI=1S/C6H13NO.CH3N/c1-3-5-6(8)7-4-2;1-2/h3-5H2,1-2H3,(H,7,8);2H,1H2. The molecule has 0 unspecified atom stereocenters. The van der Waals surface area contributed by atoms with Crippen LogP contribution in [0.3, 0.4) is 0 Å². The normalized spacial score (nSPS) is 7.40. The van der Waals surface area contributed by atoms with Crippen molar-refractivity contribution in [2.45, 2.75) is 26.7 Å². The number of nitrogens with one attached hydrogen (secondary N) is 2. The highest BCUT2D eigenvalue weighted by Crippen LogP contribution is 1.83. The van der Waals surface area contributed by atoms with E-state index in [9.17, 15) is 4.79 Å². The molecular formula is C7H16N2O. The van der Waals surface area contributed by atoms with E-state index in [1.165, 1.54) is 0 Å². The Morgan fingerprint density at radius 3 is 2.30 bits per heavy atom. The molecule has 0 rings (SSSR count). The van der Waals surface area contributed by atoms with Gasteiger partial charge in [0.15, 0.2) is 0 Å². The Kier molecular flexibility index (Phi) is 13.1. The second-order valence-corrected chi connectivity index (χ2v) is 1.70. The summed E-state index contributed by atoms with van der Waals surface area (Å²) in [5, 5.41) is 8.21. The minimum absolute atomic E-state index is 0.162. The minimum atomic E-state index is 0.162. The van der Waals surface area contributed by atoms with Crippen LogP contribution in [-0.4, -0.2) is 19.2 Å². The van der Waals surface area contributed by atoms with Gasteiger partial charge in [-0.15, -0.1) is 0 Å². The highest BCUT2D eigenvalue weighted by atomic mass is 16.1. The highest BCUT2D eigenvalue weighted by Gasteiger charge is 1.92. The van der Waals surface area contributed by atoms with Crippen molar-refractivity contribution in [3.63, 3.8) is 0 Å². The van der Waals surface area contributed by atoms with Gasteiger partial charge in [-0.25, -0.2) is 0 Å². The van der Waals surface area contributed by atoms with E-state index in [0.717, 1.165) is 13.0 Å². The van der Waals surface area contributed by atoms with Crippen molar-refractivity contribution >= 4 is 12.6 Å². The van der Waals surface area contributed by atoms with E-state index in [1.807, 2.05) is 13.8 Å². The van der Waals surface area contributed by atoms with E-state index in [0.29, 0.717) is 6.42 Å². The summed E-state index contributed by atoms with van der Waals surface area (Å²) in [5.41, 5.74) is 0. The number of carbonyl (C=O) groups is 1. The predicted octanol–water partition coefficient (Wildman–Crippen LogP) is 1.19. The van der Waals surface area contributed by atoms with E-state index >= 15 is 0 Å². The van der Waals surface area contributed by atoms with Crippen molar-refractivity contribution in [2.75, 3.05) is 6.54 Å². The van der Waals surface area contributed by atoms with Gasteiger partial charge in [0.05, 0.1) is 0 Å². The van der Waals surface area contributed by atoms with Crippen molar-refractivity contribution in [1.29, 1.82) is 5.41 Å². The second-order valence-electron chi connectivity index (χ2n) is 1.70. The molecule has 0 aliphatic heterocycles. The zero-order valence-corrected chi connectivity index (χ0v) is 6.74. The summed E-state index contributed by atoms with van der Waals surface area (Å²) in [4.78, 5) is 10.5. The average Bonchev–Trinajstić information content (AvgIpc) is 1.93. The highest BCUT2D eigenvalue weighted by molar-refractivity contribution is 5.75. The predicted molar refractivity (Wildman–Crippen MR) is 43.4 cm³/mol. The second kappa shape index (κ2) is 11.0. The summed E-state index contributed by atoms with van der Waals surface area (Å²) in [5.74, 6) is 0.162. The van der Waals surface area contributed by atoms with Crippen LogP contribution in [0, 0.1) is 5.41 Å². The summed E-state index contributed by atoms with van der Waals surface area (Å²) in [6, 6.07) is 0. The van der Waals surface area contributed by atoms with Crippen LogP contribution < -0.4 is 5.32 Å². The molecule has 3 heteroatoms. The molecule has 0 spiro atoms. The Morgan fingerprint density at radius 1 is 1.50 bits per heavy atom. The summed E-state index contributed by atoms with van der Waals surface area (Å²) >= 11 is 0. The minimum Gasteiger partial charge on any atom is -0.356 e. The first kappa shape index (κ1) is 11.9. The summed E-state index contributed by atoms with van der Waals surface area (Å²) in [6.45, 7) is 7.17. The molecule has 0 aromatic rings. The first-order chi connectivity index (χ1) is 4.81. The molecule has 3 nitrogen and oxygen atoms in total. The van der Waals surface area contributed by atoms with Crippen LogP contribution in [0.4, 0.5) is 0 Å². The first-order valence-corrected chi connectivity index (χ1v) is 3.43. The number of rotatable bonds is 3. The smallest absolute Gasteiger partial charge is 0.219 e. The van der Waals surface area contributed by atoms with E-state index < -0.39 is 0 Å². The SMILES string of the molecule is C=N.CCCC(=O)NCC. The molecule has 0 aliphatic rings. The van der Waals surface area contributed by atoms with Crippen molar-refractivity contribution < 1.29 is 4.79 Å². The maximum absolute atomic E-state index is 10.5. The maximum atomic E-state index is 10.5. The quantitative estimate of drug-likeness (QED) is 0.574. The molecular weight excluding hydrogens is 128 g/mol. The lowest BCUT2D eigenvalue weighted by Gasteiger charge is -1.96. The number of hydrogen-bond donors (Lipinski definition) is 2. The molecule has 0 fully saturated rings. The van der Waals surface area contributed by atoms with Crippen LogP contribution in [0.15, 0.2) is 0 Å². The van der Waals surface area contributed by atoms with Crippen LogP contribution in [-0.2, 0) is 4.79 Å². The molecule has 0 saturated carbocycles. The molecule has 10 heavy (non-hydrogen) atoms. The van der Waals surface area contributed by atoms with Gasteiger partial charge in [0, 0.05) is 13.0 Å². The fraction of sp³-hybridized carbons (Fsp3) is 0.714. The molecule has 2 N–H and O–H groups in total. The first-order valence-electron chi connectivity index (χ1n) is 3.43. The monoisotopic (exact) mass is 144 g/mol. The summed E-state index contributed by atoms with van der Waals surface area (Å²) < 4.78 is 0. The van der Waals surface area contributed by atoms with Gasteiger partial charge < -0.3 is 10.7 Å². The average molecular weight is 144 g/mol. The van der Waals surface area contributed by atoms with Gasteiger partial charge in [0.25, 0.3) is 0 Å². The Labute approximate surface area is 62.3 Å². The fourth-order valence-electron chi connectivity index (χ4n) is 0.513. The number of hydrogen-bond acceptors (Lipinski definition) is 2. The fourth-order valence-corrected chi connectivity index (χ4v) is 0.513. The molecule has 0 saturated heterocycles. The van der Waals surface area contributed by atoms with Gasteiger partial charge in [0.2, 0.25) is 5.91 Å². The lowest BCUT2D eigenvalue weighted by Crippen LogP contribution is -2.21. The third kappa shape index (κ3) is 10.2. The molecule has 0 atom stereocenters.